The van der Waals surface area contributed by atoms with Gasteiger partial charge in [-0.1, -0.05) is 6.07 Å². The van der Waals surface area contributed by atoms with Crippen LogP contribution in [0.15, 0.2) is 36.5 Å². The molecule has 18 heavy (non-hydrogen) atoms. The van der Waals surface area contributed by atoms with Crippen molar-refractivity contribution in [2.45, 2.75) is 12.3 Å². The van der Waals surface area contributed by atoms with Gasteiger partial charge in [0, 0.05) is 11.9 Å². The van der Waals surface area contributed by atoms with E-state index in [1.165, 1.54) is 24.4 Å². The third-order valence-corrected chi connectivity index (χ3v) is 2.00. The average Bonchev–Trinajstić information content (AvgIpc) is 2.29. The highest BCUT2D eigenvalue weighted by Gasteiger charge is 2.30. The molecule has 1 rings (SSSR count). The zero-order valence-electron chi connectivity index (χ0n) is 9.24. The Hall–Kier alpha value is -2.02. The number of benzene rings is 1. The summed E-state index contributed by atoms with van der Waals surface area (Å²) < 4.78 is 37.2. The smallest absolute Gasteiger partial charge is 0.362 e. The SMILES string of the molecule is NC(/C=C\Nc1cccc(C(F)(F)F)c1)NC=O. The van der Waals surface area contributed by atoms with Crippen molar-refractivity contribution >= 4 is 12.1 Å². The van der Waals surface area contributed by atoms with E-state index in [2.05, 4.69) is 10.6 Å². The van der Waals surface area contributed by atoms with Gasteiger partial charge in [-0.15, -0.1) is 0 Å². The molecule has 0 saturated heterocycles. The van der Waals surface area contributed by atoms with E-state index in [1.54, 1.807) is 0 Å². The van der Waals surface area contributed by atoms with Crippen LogP contribution in [0.2, 0.25) is 0 Å². The molecule has 1 unspecified atom stereocenters. The first-order chi connectivity index (χ1) is 8.43. The van der Waals surface area contributed by atoms with Gasteiger partial charge in [0.25, 0.3) is 0 Å². The van der Waals surface area contributed by atoms with E-state index in [-0.39, 0.29) is 5.69 Å². The molecule has 0 heterocycles. The number of nitrogens with two attached hydrogens (primary N) is 1. The Balaban J connectivity index is 2.66. The van der Waals surface area contributed by atoms with Gasteiger partial charge in [0.15, 0.2) is 0 Å². The van der Waals surface area contributed by atoms with Crippen LogP contribution in [0.25, 0.3) is 0 Å². The number of rotatable bonds is 5. The first-order valence-electron chi connectivity index (χ1n) is 4.99. The summed E-state index contributed by atoms with van der Waals surface area (Å²) in [6.45, 7) is 0. The number of carbonyl (C=O) groups excluding carboxylic acids is 1. The summed E-state index contributed by atoms with van der Waals surface area (Å²) in [4.78, 5) is 10.0. The fourth-order valence-corrected chi connectivity index (χ4v) is 1.17. The van der Waals surface area contributed by atoms with Crippen LogP contribution in [-0.4, -0.2) is 12.6 Å². The lowest BCUT2D eigenvalue weighted by Gasteiger charge is -2.09. The predicted molar refractivity (Wildman–Crippen MR) is 61.4 cm³/mol. The van der Waals surface area contributed by atoms with E-state index in [0.717, 1.165) is 12.1 Å². The lowest BCUT2D eigenvalue weighted by atomic mass is 10.2. The van der Waals surface area contributed by atoms with Crippen molar-refractivity contribution in [3.05, 3.63) is 42.1 Å². The predicted octanol–water partition coefficient (Wildman–Crippen LogP) is 1.66. The zero-order valence-corrected chi connectivity index (χ0v) is 9.24. The fourth-order valence-electron chi connectivity index (χ4n) is 1.17. The van der Waals surface area contributed by atoms with Crippen LogP contribution in [0.4, 0.5) is 18.9 Å². The number of alkyl halides is 3. The average molecular weight is 259 g/mol. The van der Waals surface area contributed by atoms with Gasteiger partial charge in [0.1, 0.15) is 0 Å². The number of hydrogen-bond acceptors (Lipinski definition) is 3. The third-order valence-electron chi connectivity index (χ3n) is 2.00. The van der Waals surface area contributed by atoms with Gasteiger partial charge in [0.2, 0.25) is 6.41 Å². The van der Waals surface area contributed by atoms with Gasteiger partial charge in [-0.3, -0.25) is 4.79 Å². The molecular weight excluding hydrogens is 247 g/mol. The molecule has 1 amide bonds. The minimum absolute atomic E-state index is 0.277. The Bertz CT molecular complexity index is 432. The molecular formula is C11H12F3N3O. The number of amides is 1. The molecule has 0 radical (unpaired) electrons. The van der Waals surface area contributed by atoms with Crippen molar-refractivity contribution in [3.8, 4) is 0 Å². The second-order valence-corrected chi connectivity index (χ2v) is 3.39. The van der Waals surface area contributed by atoms with E-state index in [4.69, 9.17) is 5.73 Å². The minimum atomic E-state index is -4.38. The number of halogens is 3. The molecule has 0 aliphatic rings. The maximum atomic E-state index is 12.4. The van der Waals surface area contributed by atoms with Crippen molar-refractivity contribution in [2.24, 2.45) is 5.73 Å². The Morgan fingerprint density at radius 3 is 2.67 bits per heavy atom. The molecule has 0 aromatic heterocycles. The molecule has 1 aromatic carbocycles. The first kappa shape index (κ1) is 14.0. The van der Waals surface area contributed by atoms with Crippen LogP contribution in [0.3, 0.4) is 0 Å². The summed E-state index contributed by atoms with van der Waals surface area (Å²) >= 11 is 0. The highest BCUT2D eigenvalue weighted by atomic mass is 19.4. The Labute approximate surface area is 102 Å². The lowest BCUT2D eigenvalue weighted by molar-refractivity contribution is -0.137. The summed E-state index contributed by atoms with van der Waals surface area (Å²) in [6, 6.07) is 4.73. The Morgan fingerprint density at radius 2 is 2.06 bits per heavy atom. The maximum absolute atomic E-state index is 12.4. The van der Waals surface area contributed by atoms with Gasteiger partial charge < -0.3 is 16.4 Å². The summed E-state index contributed by atoms with van der Waals surface area (Å²) in [5.74, 6) is 0. The molecule has 4 nitrogen and oxygen atoms in total. The Kier molecular flexibility index (Phi) is 4.73. The molecule has 0 bridgehead atoms. The molecule has 0 fully saturated rings. The van der Waals surface area contributed by atoms with E-state index >= 15 is 0 Å². The van der Waals surface area contributed by atoms with Crippen molar-refractivity contribution in [2.75, 3.05) is 5.32 Å². The fraction of sp³-hybridized carbons (Fsp3) is 0.182. The van der Waals surface area contributed by atoms with Crippen molar-refractivity contribution in [3.63, 3.8) is 0 Å². The van der Waals surface area contributed by atoms with Gasteiger partial charge >= 0.3 is 6.18 Å². The topological polar surface area (TPSA) is 67.2 Å². The highest BCUT2D eigenvalue weighted by Crippen LogP contribution is 2.30. The van der Waals surface area contributed by atoms with Crippen molar-refractivity contribution in [1.29, 1.82) is 0 Å². The monoisotopic (exact) mass is 259 g/mol. The summed E-state index contributed by atoms with van der Waals surface area (Å²) in [5.41, 5.74) is 4.94. The third kappa shape index (κ3) is 4.46. The van der Waals surface area contributed by atoms with Crippen LogP contribution in [0.5, 0.6) is 0 Å². The van der Waals surface area contributed by atoms with Gasteiger partial charge in [-0.25, -0.2) is 0 Å². The normalized spacial score (nSPS) is 13.3. The standard InChI is InChI=1S/C11H12F3N3O/c12-11(13,14)8-2-1-3-9(6-8)16-5-4-10(15)17-7-18/h1-7,10,16H,15H2,(H,17,18)/b5-4-. The number of carbonyl (C=O) groups is 1. The van der Waals surface area contributed by atoms with E-state index < -0.39 is 17.9 Å². The molecule has 0 saturated carbocycles. The molecule has 0 aliphatic carbocycles. The minimum Gasteiger partial charge on any atom is -0.362 e. The number of anilines is 1. The van der Waals surface area contributed by atoms with Crippen LogP contribution in [0, 0.1) is 0 Å². The summed E-state index contributed by atoms with van der Waals surface area (Å²) in [7, 11) is 0. The van der Waals surface area contributed by atoms with E-state index in [1.807, 2.05) is 0 Å². The van der Waals surface area contributed by atoms with Crippen LogP contribution >= 0.6 is 0 Å². The molecule has 0 spiro atoms. The van der Waals surface area contributed by atoms with E-state index in [9.17, 15) is 18.0 Å². The lowest BCUT2D eigenvalue weighted by Crippen LogP contribution is -2.34. The first-order valence-corrected chi connectivity index (χ1v) is 4.99. The van der Waals surface area contributed by atoms with Gasteiger partial charge in [-0.2, -0.15) is 13.2 Å². The van der Waals surface area contributed by atoms with Crippen molar-refractivity contribution < 1.29 is 18.0 Å². The second kappa shape index (κ2) is 6.06. The molecule has 1 aromatic rings. The van der Waals surface area contributed by atoms with Crippen LogP contribution in [-0.2, 0) is 11.0 Å². The molecule has 0 aliphatic heterocycles. The second-order valence-electron chi connectivity index (χ2n) is 3.39. The van der Waals surface area contributed by atoms with Crippen molar-refractivity contribution in [1.82, 2.24) is 5.32 Å². The van der Waals surface area contributed by atoms with Gasteiger partial charge in [0.05, 0.1) is 11.7 Å². The highest BCUT2D eigenvalue weighted by molar-refractivity contribution is 5.49. The molecule has 1 atom stereocenters. The molecule has 4 N–H and O–H groups in total. The quantitative estimate of drug-likeness (QED) is 0.556. The van der Waals surface area contributed by atoms with Gasteiger partial charge in [-0.05, 0) is 24.3 Å². The van der Waals surface area contributed by atoms with Crippen LogP contribution in [0.1, 0.15) is 5.56 Å². The molecule has 7 heteroatoms. The Morgan fingerprint density at radius 1 is 1.33 bits per heavy atom. The largest absolute Gasteiger partial charge is 0.416 e. The van der Waals surface area contributed by atoms with E-state index in [0.29, 0.717) is 6.41 Å². The maximum Gasteiger partial charge on any atom is 0.416 e. The summed E-state index contributed by atoms with van der Waals surface area (Å²) in [6.07, 6.45) is -1.89. The zero-order chi connectivity index (χ0) is 13.6. The number of nitrogens with one attached hydrogen (secondary N) is 2. The number of hydrogen-bond donors (Lipinski definition) is 3. The molecule has 98 valence electrons. The van der Waals surface area contributed by atoms with Crippen LogP contribution < -0.4 is 16.4 Å². The summed E-state index contributed by atoms with van der Waals surface area (Å²) in [5, 5.41) is 4.89.